The van der Waals surface area contributed by atoms with Crippen LogP contribution < -0.4 is 4.74 Å². The maximum Gasteiger partial charge on any atom is 0.119 e. The molecule has 0 fully saturated rings. The molecular weight excluding hydrogens is 324 g/mol. The lowest BCUT2D eigenvalue weighted by Gasteiger charge is -2.16. The zero-order valence-electron chi connectivity index (χ0n) is 13.9. The molecule has 1 unspecified atom stereocenters. The van der Waals surface area contributed by atoms with Crippen LogP contribution in [0.3, 0.4) is 0 Å². The van der Waals surface area contributed by atoms with Gasteiger partial charge in [0.1, 0.15) is 24.3 Å². The van der Waals surface area contributed by atoms with Crippen molar-refractivity contribution in [2.75, 3.05) is 6.61 Å². The van der Waals surface area contributed by atoms with Crippen LogP contribution in [0.15, 0.2) is 54.6 Å². The number of para-hydroxylation sites is 3. The molecule has 0 bridgehead atoms. The van der Waals surface area contributed by atoms with Gasteiger partial charge in [0.25, 0.3) is 0 Å². The highest BCUT2D eigenvalue weighted by Gasteiger charge is 2.16. The fraction of sp³-hybridized carbons (Fsp3) is 0.316. The second kappa shape index (κ2) is 8.18. The van der Waals surface area contributed by atoms with Crippen molar-refractivity contribution in [2.24, 2.45) is 0 Å². The molecule has 128 valence electrons. The molecule has 1 aromatic heterocycles. The van der Waals surface area contributed by atoms with Gasteiger partial charge in [-0.3, -0.25) is 0 Å². The molecule has 3 aromatic rings. The fourth-order valence-corrected chi connectivity index (χ4v) is 2.70. The summed E-state index contributed by atoms with van der Waals surface area (Å²) in [5.74, 6) is 2.06. The van der Waals surface area contributed by atoms with E-state index in [4.69, 9.17) is 9.72 Å². The van der Waals surface area contributed by atoms with Crippen molar-refractivity contribution in [3.8, 4) is 5.75 Å². The summed E-state index contributed by atoms with van der Waals surface area (Å²) in [6, 6.07) is 17.6. The molecule has 1 heterocycles. The Morgan fingerprint density at radius 2 is 1.71 bits per heavy atom. The van der Waals surface area contributed by atoms with Crippen LogP contribution in [0.25, 0.3) is 11.0 Å². The molecule has 0 aliphatic heterocycles. The van der Waals surface area contributed by atoms with E-state index in [1.165, 1.54) is 0 Å². The summed E-state index contributed by atoms with van der Waals surface area (Å²) in [5.41, 5.74) is 2.02. The number of nitrogens with zero attached hydrogens (tertiary/aromatic N) is 2. The maximum atomic E-state index is 10.4. The molecule has 0 spiro atoms. The molecule has 3 rings (SSSR count). The summed E-state index contributed by atoms with van der Waals surface area (Å²) in [6.45, 7) is 4.96. The van der Waals surface area contributed by atoms with Crippen molar-refractivity contribution < 1.29 is 9.84 Å². The molecule has 4 nitrogen and oxygen atoms in total. The third-order valence-electron chi connectivity index (χ3n) is 3.78. The topological polar surface area (TPSA) is 47.3 Å². The normalized spacial score (nSPS) is 12.2. The summed E-state index contributed by atoms with van der Waals surface area (Å²) in [7, 11) is 0. The Morgan fingerprint density at radius 1 is 1.04 bits per heavy atom. The number of rotatable bonds is 6. The standard InChI is InChI=1S/C19H22N2O2.ClH/c1-14(2)19-20-17-10-6-7-11-18(17)21(19)12-15(22)13-23-16-8-4-3-5-9-16;/h3-11,14-15,22H,12-13H2,1-2H3;1H. The fourth-order valence-electron chi connectivity index (χ4n) is 2.70. The van der Waals surface area contributed by atoms with Gasteiger partial charge in [0, 0.05) is 5.92 Å². The minimum absolute atomic E-state index is 0. The largest absolute Gasteiger partial charge is 0.491 e. The van der Waals surface area contributed by atoms with E-state index in [0.717, 1.165) is 22.6 Å². The van der Waals surface area contributed by atoms with Crippen molar-refractivity contribution in [3.63, 3.8) is 0 Å². The minimum atomic E-state index is -0.592. The first kappa shape index (κ1) is 18.3. The maximum absolute atomic E-state index is 10.4. The number of hydrogen-bond donors (Lipinski definition) is 1. The highest BCUT2D eigenvalue weighted by Crippen LogP contribution is 2.22. The Labute approximate surface area is 148 Å². The van der Waals surface area contributed by atoms with Gasteiger partial charge in [-0.2, -0.15) is 0 Å². The van der Waals surface area contributed by atoms with Crippen molar-refractivity contribution in [2.45, 2.75) is 32.4 Å². The van der Waals surface area contributed by atoms with E-state index in [1.54, 1.807) is 0 Å². The molecule has 24 heavy (non-hydrogen) atoms. The first-order valence-electron chi connectivity index (χ1n) is 7.96. The lowest BCUT2D eigenvalue weighted by molar-refractivity contribution is 0.0925. The van der Waals surface area contributed by atoms with Gasteiger partial charge in [0.15, 0.2) is 0 Å². The van der Waals surface area contributed by atoms with Crippen LogP contribution in [0.2, 0.25) is 0 Å². The monoisotopic (exact) mass is 346 g/mol. The lowest BCUT2D eigenvalue weighted by atomic mass is 10.2. The van der Waals surface area contributed by atoms with E-state index in [-0.39, 0.29) is 19.0 Å². The summed E-state index contributed by atoms with van der Waals surface area (Å²) in [6.07, 6.45) is -0.592. The predicted octanol–water partition coefficient (Wildman–Crippen LogP) is 4.02. The van der Waals surface area contributed by atoms with Gasteiger partial charge >= 0.3 is 0 Å². The van der Waals surface area contributed by atoms with E-state index in [9.17, 15) is 5.11 Å². The third-order valence-corrected chi connectivity index (χ3v) is 3.78. The Bertz CT molecular complexity index is 771. The van der Waals surface area contributed by atoms with Crippen molar-refractivity contribution in [1.82, 2.24) is 9.55 Å². The molecule has 0 saturated heterocycles. The quantitative estimate of drug-likeness (QED) is 0.733. The molecular formula is C19H23ClN2O2. The molecule has 5 heteroatoms. The SMILES string of the molecule is CC(C)c1nc2ccccc2n1CC(O)COc1ccccc1.Cl. The summed E-state index contributed by atoms with van der Waals surface area (Å²) in [4.78, 5) is 4.69. The minimum Gasteiger partial charge on any atom is -0.491 e. The molecule has 0 aliphatic carbocycles. The number of hydrogen-bond acceptors (Lipinski definition) is 3. The molecule has 0 amide bonds. The molecule has 0 saturated carbocycles. The zero-order valence-corrected chi connectivity index (χ0v) is 14.7. The van der Waals surface area contributed by atoms with E-state index in [2.05, 4.69) is 18.4 Å². The van der Waals surface area contributed by atoms with Gasteiger partial charge in [-0.05, 0) is 24.3 Å². The average Bonchev–Trinajstić information content (AvgIpc) is 2.93. The van der Waals surface area contributed by atoms with Gasteiger partial charge < -0.3 is 14.4 Å². The van der Waals surface area contributed by atoms with E-state index in [1.807, 2.05) is 54.6 Å². The van der Waals surface area contributed by atoms with Crippen LogP contribution in [0.1, 0.15) is 25.6 Å². The van der Waals surface area contributed by atoms with E-state index < -0.39 is 6.10 Å². The number of aromatic nitrogens is 2. The Balaban J connectivity index is 0.00000208. The van der Waals surface area contributed by atoms with Crippen molar-refractivity contribution >= 4 is 23.4 Å². The van der Waals surface area contributed by atoms with E-state index >= 15 is 0 Å². The predicted molar refractivity (Wildman–Crippen MR) is 99.0 cm³/mol. The summed E-state index contributed by atoms with van der Waals surface area (Å²) in [5, 5.41) is 10.4. The molecule has 2 aromatic carbocycles. The smallest absolute Gasteiger partial charge is 0.119 e. The summed E-state index contributed by atoms with van der Waals surface area (Å²) >= 11 is 0. The van der Waals surface area contributed by atoms with Crippen molar-refractivity contribution in [1.29, 1.82) is 0 Å². The van der Waals surface area contributed by atoms with Crippen LogP contribution in [0, 0.1) is 0 Å². The average molecular weight is 347 g/mol. The first-order chi connectivity index (χ1) is 11.1. The Hall–Kier alpha value is -2.04. The highest BCUT2D eigenvalue weighted by molar-refractivity contribution is 5.85. The van der Waals surface area contributed by atoms with Crippen LogP contribution in [0.5, 0.6) is 5.75 Å². The van der Waals surface area contributed by atoms with Gasteiger partial charge in [0.2, 0.25) is 0 Å². The molecule has 1 N–H and O–H groups in total. The number of ether oxygens (including phenoxy) is 1. The molecule has 1 atom stereocenters. The Kier molecular flexibility index (Phi) is 6.23. The number of benzene rings is 2. The second-order valence-corrected chi connectivity index (χ2v) is 6.00. The third kappa shape index (κ3) is 4.08. The van der Waals surface area contributed by atoms with Crippen LogP contribution in [-0.4, -0.2) is 27.4 Å². The van der Waals surface area contributed by atoms with Crippen LogP contribution in [-0.2, 0) is 6.54 Å². The number of imidazole rings is 1. The Morgan fingerprint density at radius 3 is 2.42 bits per heavy atom. The van der Waals surface area contributed by atoms with Crippen LogP contribution in [0.4, 0.5) is 0 Å². The van der Waals surface area contributed by atoms with Crippen molar-refractivity contribution in [3.05, 3.63) is 60.4 Å². The number of aliphatic hydroxyl groups excluding tert-OH is 1. The van der Waals surface area contributed by atoms with Gasteiger partial charge in [-0.1, -0.05) is 44.2 Å². The first-order valence-corrected chi connectivity index (χ1v) is 7.96. The van der Waals surface area contributed by atoms with E-state index in [0.29, 0.717) is 12.5 Å². The summed E-state index contributed by atoms with van der Waals surface area (Å²) < 4.78 is 7.74. The van der Waals surface area contributed by atoms with Crippen LogP contribution >= 0.6 is 12.4 Å². The number of halogens is 1. The van der Waals surface area contributed by atoms with Gasteiger partial charge in [-0.15, -0.1) is 12.4 Å². The number of fused-ring (bicyclic) bond motifs is 1. The van der Waals surface area contributed by atoms with Gasteiger partial charge in [-0.25, -0.2) is 4.98 Å². The second-order valence-electron chi connectivity index (χ2n) is 6.00. The molecule has 0 aliphatic rings. The number of aliphatic hydroxyl groups is 1. The highest BCUT2D eigenvalue weighted by atomic mass is 35.5. The van der Waals surface area contributed by atoms with Gasteiger partial charge in [0.05, 0.1) is 17.6 Å². The zero-order chi connectivity index (χ0) is 16.2. The molecule has 0 radical (unpaired) electrons. The lowest BCUT2D eigenvalue weighted by Crippen LogP contribution is -2.24.